The number of hydrazine groups is 1. The lowest BCUT2D eigenvalue weighted by Gasteiger charge is -2.21. The molecule has 7 heteroatoms. The first kappa shape index (κ1) is 19.4. The molecule has 0 aliphatic carbocycles. The van der Waals surface area contributed by atoms with Gasteiger partial charge in [0.2, 0.25) is 5.91 Å². The van der Waals surface area contributed by atoms with E-state index in [4.69, 9.17) is 0 Å². The zero-order chi connectivity index (χ0) is 19.4. The maximum absolute atomic E-state index is 13.9. The fourth-order valence-electron chi connectivity index (χ4n) is 3.13. The third kappa shape index (κ3) is 4.88. The number of aryl methyl sites for hydroxylation is 1. The molecule has 1 saturated heterocycles. The van der Waals surface area contributed by atoms with Crippen molar-refractivity contribution in [1.29, 1.82) is 0 Å². The molecule has 1 fully saturated rings. The molecule has 0 spiro atoms. The number of carbonyl (C=O) groups is 1. The Bertz CT molecular complexity index is 797. The average molecular weight is 374 g/mol. The van der Waals surface area contributed by atoms with Gasteiger partial charge in [-0.1, -0.05) is 18.2 Å². The molecule has 3 unspecified atom stereocenters. The third-order valence-corrected chi connectivity index (χ3v) is 4.78. The molecule has 1 heterocycles. The minimum absolute atomic E-state index is 0.0166. The van der Waals surface area contributed by atoms with E-state index >= 15 is 0 Å². The van der Waals surface area contributed by atoms with Crippen LogP contribution in [0.2, 0.25) is 0 Å². The van der Waals surface area contributed by atoms with Crippen molar-refractivity contribution < 1.29 is 13.6 Å². The summed E-state index contributed by atoms with van der Waals surface area (Å²) < 4.78 is 27.0. The number of hydrogen-bond acceptors (Lipinski definition) is 4. The number of amides is 1. The minimum atomic E-state index is -0.486. The van der Waals surface area contributed by atoms with Gasteiger partial charge in [-0.2, -0.15) is 0 Å². The summed E-state index contributed by atoms with van der Waals surface area (Å²) in [5.74, 6) is -0.832. The summed E-state index contributed by atoms with van der Waals surface area (Å²) in [6.45, 7) is 4.83. The standard InChI is InChI=1S/C20H24F2N4O/c1-12-3-8-18(17(22)9-12)25-20(27)13(2)23-10-15-11-24-26-19(15)14-4-6-16(21)7-5-14/h3-9,13,15,19,23-24,26H,10-11H2,1-2H3,(H,25,27). The predicted octanol–water partition coefficient (Wildman–Crippen LogP) is 2.66. The van der Waals surface area contributed by atoms with Crippen molar-refractivity contribution in [2.45, 2.75) is 25.9 Å². The van der Waals surface area contributed by atoms with Gasteiger partial charge >= 0.3 is 0 Å². The first-order valence-corrected chi connectivity index (χ1v) is 8.98. The molecule has 0 saturated carbocycles. The lowest BCUT2D eigenvalue weighted by Crippen LogP contribution is -2.41. The number of halogens is 2. The largest absolute Gasteiger partial charge is 0.322 e. The summed E-state index contributed by atoms with van der Waals surface area (Å²) in [6.07, 6.45) is 0. The van der Waals surface area contributed by atoms with Crippen molar-refractivity contribution in [3.8, 4) is 0 Å². The second kappa shape index (κ2) is 8.56. The zero-order valence-electron chi connectivity index (χ0n) is 15.4. The predicted molar refractivity (Wildman–Crippen MR) is 101 cm³/mol. The Morgan fingerprint density at radius 1 is 1.22 bits per heavy atom. The maximum atomic E-state index is 13.9. The molecule has 27 heavy (non-hydrogen) atoms. The Morgan fingerprint density at radius 2 is 1.96 bits per heavy atom. The van der Waals surface area contributed by atoms with E-state index in [-0.39, 0.29) is 29.4 Å². The van der Waals surface area contributed by atoms with Gasteiger partial charge in [-0.25, -0.2) is 14.2 Å². The van der Waals surface area contributed by atoms with Crippen molar-refractivity contribution >= 4 is 11.6 Å². The van der Waals surface area contributed by atoms with Crippen LogP contribution in [-0.4, -0.2) is 25.0 Å². The van der Waals surface area contributed by atoms with Gasteiger partial charge < -0.3 is 10.6 Å². The van der Waals surface area contributed by atoms with Gasteiger partial charge in [-0.15, -0.1) is 0 Å². The Hall–Kier alpha value is -2.35. The van der Waals surface area contributed by atoms with E-state index in [9.17, 15) is 13.6 Å². The molecule has 4 N–H and O–H groups in total. The van der Waals surface area contributed by atoms with Crippen LogP contribution in [0.4, 0.5) is 14.5 Å². The third-order valence-electron chi connectivity index (χ3n) is 4.78. The lowest BCUT2D eigenvalue weighted by atomic mass is 9.94. The Kier molecular flexibility index (Phi) is 6.15. The SMILES string of the molecule is Cc1ccc(NC(=O)C(C)NCC2CNNC2c2ccc(F)cc2)c(F)c1. The Balaban J connectivity index is 1.55. The maximum Gasteiger partial charge on any atom is 0.241 e. The number of anilines is 1. The first-order valence-electron chi connectivity index (χ1n) is 8.98. The Labute approximate surface area is 157 Å². The van der Waals surface area contributed by atoms with Gasteiger partial charge in [-0.3, -0.25) is 10.2 Å². The number of rotatable bonds is 6. The molecule has 1 aliphatic rings. The highest BCUT2D eigenvalue weighted by atomic mass is 19.1. The van der Waals surface area contributed by atoms with Crippen LogP contribution in [-0.2, 0) is 4.79 Å². The number of carbonyl (C=O) groups excluding carboxylic acids is 1. The van der Waals surface area contributed by atoms with Crippen LogP contribution in [0.15, 0.2) is 42.5 Å². The normalized spacial score (nSPS) is 20.4. The van der Waals surface area contributed by atoms with Crippen molar-refractivity contribution in [3.63, 3.8) is 0 Å². The second-order valence-electron chi connectivity index (χ2n) is 6.92. The highest BCUT2D eigenvalue weighted by molar-refractivity contribution is 5.94. The second-order valence-corrected chi connectivity index (χ2v) is 6.92. The monoisotopic (exact) mass is 374 g/mol. The van der Waals surface area contributed by atoms with Crippen LogP contribution >= 0.6 is 0 Å². The zero-order valence-corrected chi connectivity index (χ0v) is 15.4. The van der Waals surface area contributed by atoms with Crippen molar-refractivity contribution in [2.75, 3.05) is 18.4 Å². The number of benzene rings is 2. The van der Waals surface area contributed by atoms with Crippen molar-refractivity contribution in [2.24, 2.45) is 5.92 Å². The molecule has 3 atom stereocenters. The first-order chi connectivity index (χ1) is 12.9. The van der Waals surface area contributed by atoms with Crippen LogP contribution < -0.4 is 21.5 Å². The van der Waals surface area contributed by atoms with Crippen LogP contribution in [0.3, 0.4) is 0 Å². The van der Waals surface area contributed by atoms with Gasteiger partial charge in [0.15, 0.2) is 0 Å². The minimum Gasteiger partial charge on any atom is -0.322 e. The molecule has 1 amide bonds. The molecule has 5 nitrogen and oxygen atoms in total. The van der Waals surface area contributed by atoms with Crippen molar-refractivity contribution in [3.05, 3.63) is 65.2 Å². The highest BCUT2D eigenvalue weighted by Crippen LogP contribution is 2.24. The van der Waals surface area contributed by atoms with E-state index in [0.717, 1.165) is 17.7 Å². The highest BCUT2D eigenvalue weighted by Gasteiger charge is 2.29. The molecule has 3 rings (SSSR count). The van der Waals surface area contributed by atoms with Crippen molar-refractivity contribution in [1.82, 2.24) is 16.2 Å². The van der Waals surface area contributed by atoms with Gasteiger partial charge in [0.1, 0.15) is 11.6 Å². The molecule has 0 bridgehead atoms. The summed E-state index contributed by atoms with van der Waals surface area (Å²) in [4.78, 5) is 12.3. The van der Waals surface area contributed by atoms with E-state index in [1.54, 1.807) is 38.1 Å². The summed E-state index contributed by atoms with van der Waals surface area (Å²) in [6, 6.07) is 10.6. The summed E-state index contributed by atoms with van der Waals surface area (Å²) in [5.41, 5.74) is 8.24. The molecule has 1 aliphatic heterocycles. The fraction of sp³-hybridized carbons (Fsp3) is 0.350. The molecular weight excluding hydrogens is 350 g/mol. The van der Waals surface area contributed by atoms with E-state index < -0.39 is 11.9 Å². The van der Waals surface area contributed by atoms with Crippen LogP contribution in [0.25, 0.3) is 0 Å². The van der Waals surface area contributed by atoms with Gasteiger partial charge in [0, 0.05) is 19.0 Å². The van der Waals surface area contributed by atoms with Crippen LogP contribution in [0.1, 0.15) is 24.1 Å². The van der Waals surface area contributed by atoms with Gasteiger partial charge in [0.05, 0.1) is 17.8 Å². The van der Waals surface area contributed by atoms with Gasteiger partial charge in [0.25, 0.3) is 0 Å². The van der Waals surface area contributed by atoms with Gasteiger partial charge in [-0.05, 0) is 49.2 Å². The quantitative estimate of drug-likeness (QED) is 0.628. The molecule has 0 aromatic heterocycles. The molecular formula is C20H24F2N4O. The smallest absolute Gasteiger partial charge is 0.241 e. The summed E-state index contributed by atoms with van der Waals surface area (Å²) in [7, 11) is 0. The average Bonchev–Trinajstić information content (AvgIpc) is 3.11. The summed E-state index contributed by atoms with van der Waals surface area (Å²) in [5, 5.41) is 5.81. The fourth-order valence-corrected chi connectivity index (χ4v) is 3.13. The lowest BCUT2D eigenvalue weighted by molar-refractivity contribution is -0.117. The molecule has 2 aromatic rings. The van der Waals surface area contributed by atoms with E-state index in [0.29, 0.717) is 6.54 Å². The number of nitrogens with one attached hydrogen (secondary N) is 4. The topological polar surface area (TPSA) is 65.2 Å². The van der Waals surface area contributed by atoms with Crippen LogP contribution in [0.5, 0.6) is 0 Å². The van der Waals surface area contributed by atoms with E-state index in [1.807, 2.05) is 0 Å². The van der Waals surface area contributed by atoms with E-state index in [2.05, 4.69) is 21.5 Å². The number of hydrogen-bond donors (Lipinski definition) is 4. The van der Waals surface area contributed by atoms with Crippen LogP contribution in [0, 0.1) is 24.5 Å². The molecule has 144 valence electrons. The Morgan fingerprint density at radius 3 is 2.67 bits per heavy atom. The molecule has 2 aromatic carbocycles. The van der Waals surface area contributed by atoms with E-state index in [1.165, 1.54) is 18.2 Å². The summed E-state index contributed by atoms with van der Waals surface area (Å²) >= 11 is 0. The molecule has 0 radical (unpaired) electrons.